The van der Waals surface area contributed by atoms with Crippen LogP contribution in [-0.2, 0) is 4.79 Å². The minimum atomic E-state index is -0.203. The lowest BCUT2D eigenvalue weighted by Crippen LogP contribution is -2.36. The van der Waals surface area contributed by atoms with E-state index in [4.69, 9.17) is 0 Å². The Morgan fingerprint density at radius 1 is 1.22 bits per heavy atom. The lowest BCUT2D eigenvalue weighted by atomic mass is 9.71. The fourth-order valence-electron chi connectivity index (χ4n) is 4.38. The van der Waals surface area contributed by atoms with Crippen LogP contribution in [0.1, 0.15) is 33.6 Å². The first kappa shape index (κ1) is 14.9. The molecule has 1 N–H and O–H groups in total. The van der Waals surface area contributed by atoms with Gasteiger partial charge in [-0.2, -0.15) is 0 Å². The van der Waals surface area contributed by atoms with Gasteiger partial charge in [0.2, 0.25) is 0 Å². The molecule has 5 heteroatoms. The van der Waals surface area contributed by atoms with Crippen LogP contribution in [0.4, 0.5) is 0 Å². The van der Waals surface area contributed by atoms with Gasteiger partial charge in [-0.05, 0) is 35.8 Å². The van der Waals surface area contributed by atoms with E-state index in [0.29, 0.717) is 10.8 Å². The first-order chi connectivity index (χ1) is 10.8. The lowest BCUT2D eigenvalue weighted by molar-refractivity contribution is -0.122. The molecule has 0 radical (unpaired) electrons. The number of nitrogens with one attached hydrogen (secondary N) is 1. The predicted octanol–water partition coefficient (Wildman–Crippen LogP) is 3.41. The summed E-state index contributed by atoms with van der Waals surface area (Å²) in [5.74, 6) is 0.410. The number of aromatic amines is 1. The molecule has 2 bridgehead atoms. The van der Waals surface area contributed by atoms with Gasteiger partial charge in [0, 0.05) is 5.92 Å². The smallest absolute Gasteiger partial charge is 0.280 e. The zero-order chi connectivity index (χ0) is 16.4. The predicted molar refractivity (Wildman–Crippen MR) is 91.6 cm³/mol. The van der Waals surface area contributed by atoms with Crippen LogP contribution in [-0.4, -0.2) is 21.0 Å². The van der Waals surface area contributed by atoms with Crippen molar-refractivity contribution >= 4 is 28.6 Å². The molecule has 1 heterocycles. The maximum absolute atomic E-state index is 12.8. The Morgan fingerprint density at radius 2 is 1.96 bits per heavy atom. The fraction of sp³-hybridized carbons (Fsp3) is 0.500. The molecule has 0 amide bonds. The summed E-state index contributed by atoms with van der Waals surface area (Å²) in [4.78, 5) is 32.5. The van der Waals surface area contributed by atoms with Crippen molar-refractivity contribution in [2.75, 3.05) is 0 Å². The number of ketones is 1. The second-order valence-corrected chi connectivity index (χ2v) is 8.61. The molecule has 3 atom stereocenters. The van der Waals surface area contributed by atoms with Crippen molar-refractivity contribution in [3.05, 3.63) is 34.6 Å². The van der Waals surface area contributed by atoms with Crippen LogP contribution >= 0.6 is 11.8 Å². The minimum absolute atomic E-state index is 0.00857. The number of carbonyl (C=O) groups excluding carboxylic acids is 1. The van der Waals surface area contributed by atoms with Crippen molar-refractivity contribution < 1.29 is 4.79 Å². The molecular formula is C18H20N2O2S. The number of para-hydroxylation sites is 2. The van der Waals surface area contributed by atoms with E-state index in [1.165, 1.54) is 11.8 Å². The van der Waals surface area contributed by atoms with Crippen molar-refractivity contribution in [2.45, 2.75) is 43.9 Å². The Kier molecular flexibility index (Phi) is 3.05. The Labute approximate surface area is 139 Å². The first-order valence-corrected chi connectivity index (χ1v) is 8.92. The zero-order valence-electron chi connectivity index (χ0n) is 13.6. The molecule has 0 unspecified atom stereocenters. The highest BCUT2D eigenvalue weighted by Gasteiger charge is 2.66. The molecule has 0 aliphatic heterocycles. The Morgan fingerprint density at radius 3 is 2.65 bits per heavy atom. The number of nitrogens with zero attached hydrogens (tertiary/aromatic N) is 1. The Bertz CT molecular complexity index is 873. The van der Waals surface area contributed by atoms with Gasteiger partial charge >= 0.3 is 0 Å². The summed E-state index contributed by atoms with van der Waals surface area (Å²) in [5, 5.41) is 0.234. The van der Waals surface area contributed by atoms with Gasteiger partial charge in [0.1, 0.15) is 5.78 Å². The molecule has 2 aliphatic rings. The number of rotatable bonds is 2. The summed E-state index contributed by atoms with van der Waals surface area (Å²) in [6.45, 7) is 6.59. The van der Waals surface area contributed by atoms with Gasteiger partial charge in [0.05, 0.1) is 16.3 Å². The number of carbonyl (C=O) groups is 1. The summed E-state index contributed by atoms with van der Waals surface area (Å²) >= 11 is 1.36. The molecule has 120 valence electrons. The number of H-pyrrole nitrogens is 1. The maximum atomic E-state index is 12.8. The van der Waals surface area contributed by atoms with Crippen LogP contribution in [0.15, 0.2) is 34.1 Å². The minimum Gasteiger partial charge on any atom is -0.318 e. The van der Waals surface area contributed by atoms with E-state index in [-0.39, 0.29) is 27.6 Å². The molecule has 4 rings (SSSR count). The second kappa shape index (κ2) is 4.69. The van der Waals surface area contributed by atoms with Crippen LogP contribution in [0.3, 0.4) is 0 Å². The number of thioether (sulfide) groups is 1. The van der Waals surface area contributed by atoms with Crippen LogP contribution in [0.5, 0.6) is 0 Å². The van der Waals surface area contributed by atoms with Crippen LogP contribution in [0.2, 0.25) is 0 Å². The van der Waals surface area contributed by atoms with E-state index in [2.05, 4.69) is 30.7 Å². The van der Waals surface area contributed by atoms with Gasteiger partial charge in [0.15, 0.2) is 5.03 Å². The van der Waals surface area contributed by atoms with E-state index in [1.807, 2.05) is 24.3 Å². The molecule has 0 saturated heterocycles. The van der Waals surface area contributed by atoms with E-state index in [0.717, 1.165) is 23.9 Å². The van der Waals surface area contributed by atoms with E-state index in [1.54, 1.807) is 0 Å². The third kappa shape index (κ3) is 1.89. The Balaban J connectivity index is 1.76. The quantitative estimate of drug-likeness (QED) is 0.917. The van der Waals surface area contributed by atoms with Crippen molar-refractivity contribution in [1.82, 2.24) is 9.97 Å². The molecule has 4 nitrogen and oxygen atoms in total. The van der Waals surface area contributed by atoms with Crippen molar-refractivity contribution in [2.24, 2.45) is 16.7 Å². The summed E-state index contributed by atoms with van der Waals surface area (Å²) in [5.41, 5.74) is 1.21. The number of fused-ring (bicyclic) bond motifs is 3. The topological polar surface area (TPSA) is 62.8 Å². The van der Waals surface area contributed by atoms with Crippen LogP contribution in [0, 0.1) is 16.7 Å². The summed E-state index contributed by atoms with van der Waals surface area (Å²) < 4.78 is 0. The third-order valence-electron chi connectivity index (χ3n) is 6.27. The standard InChI is InChI=1S/C18H20N2O2S/c1-17(2)10-8-9-18(17,3)14(13(10)21)23-16-15(22)19-11-6-4-5-7-12(11)20-16/h4-7,10,14H,8-9H2,1-3H3,(H,19,22)/t10-,14+,18-/m0/s1. The third-order valence-corrected chi connectivity index (χ3v) is 7.76. The molecule has 2 saturated carbocycles. The van der Waals surface area contributed by atoms with Gasteiger partial charge in [0.25, 0.3) is 5.56 Å². The molecule has 2 aliphatic carbocycles. The van der Waals surface area contributed by atoms with Gasteiger partial charge in [-0.1, -0.05) is 44.7 Å². The number of hydrogen-bond acceptors (Lipinski definition) is 4. The maximum Gasteiger partial charge on any atom is 0.280 e. The number of Topliss-reactive ketones (excluding diaryl/α,β-unsaturated/α-hetero) is 1. The van der Waals surface area contributed by atoms with E-state index in [9.17, 15) is 9.59 Å². The summed E-state index contributed by atoms with van der Waals surface area (Å²) in [6, 6.07) is 7.49. The van der Waals surface area contributed by atoms with E-state index < -0.39 is 0 Å². The Hall–Kier alpha value is -1.62. The molecule has 1 aromatic heterocycles. The molecule has 2 aromatic rings. The SMILES string of the molecule is CC1(C)[C@H]2CC[C@@]1(C)[C@H](Sc1nc3ccccc3[nH]c1=O)C2=O. The number of aromatic nitrogens is 2. The normalized spacial score (nSPS) is 31.9. The molecule has 1 aromatic carbocycles. The fourth-order valence-corrected chi connectivity index (χ4v) is 5.88. The summed E-state index contributed by atoms with van der Waals surface area (Å²) in [7, 11) is 0. The second-order valence-electron chi connectivity index (χ2n) is 7.52. The number of hydrogen-bond donors (Lipinski definition) is 1. The van der Waals surface area contributed by atoms with Gasteiger partial charge in [-0.15, -0.1) is 0 Å². The first-order valence-electron chi connectivity index (χ1n) is 8.04. The zero-order valence-corrected chi connectivity index (χ0v) is 14.4. The van der Waals surface area contributed by atoms with Crippen LogP contribution < -0.4 is 5.56 Å². The molecular weight excluding hydrogens is 308 g/mol. The lowest BCUT2D eigenvalue weighted by Gasteiger charge is -2.37. The van der Waals surface area contributed by atoms with Gasteiger partial charge in [-0.25, -0.2) is 4.98 Å². The highest BCUT2D eigenvalue weighted by molar-refractivity contribution is 8.00. The average Bonchev–Trinajstić information content (AvgIpc) is 2.81. The van der Waals surface area contributed by atoms with Crippen molar-refractivity contribution in [3.63, 3.8) is 0 Å². The van der Waals surface area contributed by atoms with Crippen LogP contribution in [0.25, 0.3) is 11.0 Å². The van der Waals surface area contributed by atoms with E-state index >= 15 is 0 Å². The van der Waals surface area contributed by atoms with Gasteiger partial charge < -0.3 is 4.98 Å². The number of benzene rings is 1. The molecule has 2 fully saturated rings. The van der Waals surface area contributed by atoms with Gasteiger partial charge in [-0.3, -0.25) is 9.59 Å². The van der Waals surface area contributed by atoms with Crippen molar-refractivity contribution in [3.8, 4) is 0 Å². The monoisotopic (exact) mass is 328 g/mol. The largest absolute Gasteiger partial charge is 0.318 e. The highest BCUT2D eigenvalue weighted by atomic mass is 32.2. The van der Waals surface area contributed by atoms with Crippen molar-refractivity contribution in [1.29, 1.82) is 0 Å². The molecule has 0 spiro atoms. The molecule has 23 heavy (non-hydrogen) atoms. The summed E-state index contributed by atoms with van der Waals surface area (Å²) in [6.07, 6.45) is 2.01. The highest BCUT2D eigenvalue weighted by Crippen LogP contribution is 2.66. The average molecular weight is 328 g/mol.